The molecule has 0 atom stereocenters. The first-order chi connectivity index (χ1) is 15.1. The van der Waals surface area contributed by atoms with Crippen molar-refractivity contribution in [1.82, 2.24) is 29.4 Å². The van der Waals surface area contributed by atoms with Crippen LogP contribution in [0, 0.1) is 12.7 Å². The average Bonchev–Trinajstić information content (AvgIpc) is 3.17. The molecule has 1 aromatic carbocycles. The van der Waals surface area contributed by atoms with Crippen LogP contribution in [0.25, 0.3) is 22.6 Å². The number of pyridine rings is 1. The molecule has 1 fully saturated rings. The SMILES string of the molecule is Cc1ccc(CN2CC(n3cnc(-c4ccc(F)cc4)c3-c3ccnc(N)n3)C2)nc1. The molecule has 0 amide bonds. The van der Waals surface area contributed by atoms with E-state index in [1.54, 1.807) is 18.3 Å². The summed E-state index contributed by atoms with van der Waals surface area (Å²) in [7, 11) is 0. The van der Waals surface area contributed by atoms with E-state index in [-0.39, 0.29) is 17.8 Å². The molecule has 5 rings (SSSR count). The van der Waals surface area contributed by atoms with Crippen molar-refractivity contribution in [3.63, 3.8) is 0 Å². The monoisotopic (exact) mass is 415 g/mol. The van der Waals surface area contributed by atoms with Crippen molar-refractivity contribution in [2.75, 3.05) is 18.8 Å². The molecule has 0 bridgehead atoms. The van der Waals surface area contributed by atoms with Crippen molar-refractivity contribution >= 4 is 5.95 Å². The van der Waals surface area contributed by atoms with Gasteiger partial charge in [0.1, 0.15) is 5.82 Å². The number of imidazole rings is 1. The molecule has 7 nitrogen and oxygen atoms in total. The van der Waals surface area contributed by atoms with Gasteiger partial charge in [0.25, 0.3) is 0 Å². The molecule has 1 aliphatic heterocycles. The van der Waals surface area contributed by atoms with Crippen LogP contribution in [0.5, 0.6) is 0 Å². The Kier molecular flexibility index (Phi) is 4.91. The number of rotatable bonds is 5. The Labute approximate surface area is 179 Å². The van der Waals surface area contributed by atoms with Crippen molar-refractivity contribution in [2.45, 2.75) is 19.5 Å². The summed E-state index contributed by atoms with van der Waals surface area (Å²) in [5.74, 6) is -0.0775. The standard InChI is InChI=1S/C23H22FN7/c1-15-2-7-18(27-10-15)11-30-12-19(13-30)31-14-28-21(16-3-5-17(24)6-4-16)22(31)20-8-9-26-23(25)29-20/h2-10,14,19H,11-13H2,1H3,(H2,25,26,29). The molecule has 31 heavy (non-hydrogen) atoms. The number of benzene rings is 1. The van der Waals surface area contributed by atoms with E-state index in [9.17, 15) is 4.39 Å². The zero-order valence-corrected chi connectivity index (χ0v) is 17.1. The van der Waals surface area contributed by atoms with Crippen molar-refractivity contribution in [3.8, 4) is 22.6 Å². The maximum Gasteiger partial charge on any atom is 0.220 e. The minimum absolute atomic E-state index is 0.205. The highest BCUT2D eigenvalue weighted by molar-refractivity contribution is 5.77. The molecular weight excluding hydrogens is 393 g/mol. The molecule has 1 saturated heterocycles. The summed E-state index contributed by atoms with van der Waals surface area (Å²) in [6.07, 6.45) is 5.37. The molecule has 3 aromatic heterocycles. The van der Waals surface area contributed by atoms with Crippen molar-refractivity contribution < 1.29 is 4.39 Å². The van der Waals surface area contributed by atoms with Gasteiger partial charge in [-0.25, -0.2) is 19.3 Å². The first-order valence-electron chi connectivity index (χ1n) is 10.1. The van der Waals surface area contributed by atoms with Gasteiger partial charge in [-0.05, 0) is 48.9 Å². The number of nitrogens with zero attached hydrogens (tertiary/aromatic N) is 6. The van der Waals surface area contributed by atoms with Crippen LogP contribution in [0.1, 0.15) is 17.3 Å². The number of hydrogen-bond acceptors (Lipinski definition) is 6. The summed E-state index contributed by atoms with van der Waals surface area (Å²) in [6, 6.07) is 12.6. The maximum absolute atomic E-state index is 13.4. The predicted molar refractivity (Wildman–Crippen MR) is 116 cm³/mol. The van der Waals surface area contributed by atoms with Crippen LogP contribution in [0.15, 0.2) is 61.2 Å². The van der Waals surface area contributed by atoms with Gasteiger partial charge in [0.05, 0.1) is 35.1 Å². The number of aryl methyl sites for hydroxylation is 1. The fourth-order valence-electron chi connectivity index (χ4n) is 3.88. The van der Waals surface area contributed by atoms with Gasteiger partial charge in [0.15, 0.2) is 0 Å². The van der Waals surface area contributed by atoms with Crippen LogP contribution in [0.4, 0.5) is 10.3 Å². The number of halogens is 1. The first kappa shape index (κ1) is 19.3. The topological polar surface area (TPSA) is 85.8 Å². The van der Waals surface area contributed by atoms with Gasteiger partial charge in [-0.15, -0.1) is 0 Å². The second kappa shape index (κ2) is 7.88. The zero-order valence-electron chi connectivity index (χ0n) is 17.1. The maximum atomic E-state index is 13.4. The Hall–Kier alpha value is -3.65. The predicted octanol–water partition coefficient (Wildman–Crippen LogP) is 3.49. The van der Waals surface area contributed by atoms with E-state index < -0.39 is 0 Å². The molecule has 4 heterocycles. The summed E-state index contributed by atoms with van der Waals surface area (Å²) in [4.78, 5) is 19.9. The number of likely N-dealkylation sites (tertiary alicyclic amines) is 1. The van der Waals surface area contributed by atoms with Gasteiger partial charge in [-0.1, -0.05) is 6.07 Å². The van der Waals surface area contributed by atoms with Crippen LogP contribution in [-0.4, -0.2) is 42.5 Å². The number of nitrogens with two attached hydrogens (primary N) is 1. The van der Waals surface area contributed by atoms with Crippen LogP contribution >= 0.6 is 0 Å². The molecule has 0 saturated carbocycles. The number of aromatic nitrogens is 5. The summed E-state index contributed by atoms with van der Waals surface area (Å²) in [6.45, 7) is 4.60. The lowest BCUT2D eigenvalue weighted by Crippen LogP contribution is -2.47. The third kappa shape index (κ3) is 3.89. The highest BCUT2D eigenvalue weighted by Gasteiger charge is 2.31. The summed E-state index contributed by atoms with van der Waals surface area (Å²) in [5.41, 5.74) is 11.2. The van der Waals surface area contributed by atoms with Crippen LogP contribution in [-0.2, 0) is 6.54 Å². The molecule has 4 aromatic rings. The molecule has 0 radical (unpaired) electrons. The van der Waals surface area contributed by atoms with E-state index in [0.717, 1.165) is 47.8 Å². The highest BCUT2D eigenvalue weighted by atomic mass is 19.1. The fraction of sp³-hybridized carbons (Fsp3) is 0.217. The van der Waals surface area contributed by atoms with E-state index >= 15 is 0 Å². The van der Waals surface area contributed by atoms with Crippen LogP contribution in [0.3, 0.4) is 0 Å². The van der Waals surface area contributed by atoms with Crippen molar-refractivity contribution in [1.29, 1.82) is 0 Å². The van der Waals surface area contributed by atoms with Crippen molar-refractivity contribution in [2.24, 2.45) is 0 Å². The molecule has 2 N–H and O–H groups in total. The quantitative estimate of drug-likeness (QED) is 0.537. The fourth-order valence-corrected chi connectivity index (χ4v) is 3.88. The Morgan fingerprint density at radius 3 is 2.55 bits per heavy atom. The Morgan fingerprint density at radius 2 is 1.84 bits per heavy atom. The number of anilines is 1. The normalized spacial score (nSPS) is 14.5. The Balaban J connectivity index is 1.44. The molecular formula is C23H22FN7. The van der Waals surface area contributed by atoms with Crippen molar-refractivity contribution in [3.05, 3.63) is 78.3 Å². The lowest BCUT2D eigenvalue weighted by atomic mass is 10.0. The molecule has 0 spiro atoms. The smallest absolute Gasteiger partial charge is 0.220 e. The van der Waals surface area contributed by atoms with Gasteiger partial charge < -0.3 is 10.3 Å². The van der Waals surface area contributed by atoms with E-state index in [1.807, 2.05) is 25.5 Å². The lowest BCUT2D eigenvalue weighted by Gasteiger charge is -2.40. The minimum atomic E-state index is -0.282. The molecule has 8 heteroatoms. The van der Waals surface area contributed by atoms with E-state index in [4.69, 9.17) is 5.73 Å². The molecule has 156 valence electrons. The largest absolute Gasteiger partial charge is 0.368 e. The number of hydrogen-bond donors (Lipinski definition) is 1. The summed E-state index contributed by atoms with van der Waals surface area (Å²) >= 11 is 0. The van der Waals surface area contributed by atoms with Gasteiger partial charge in [-0.2, -0.15) is 0 Å². The van der Waals surface area contributed by atoms with E-state index in [0.29, 0.717) is 5.69 Å². The minimum Gasteiger partial charge on any atom is -0.368 e. The third-order valence-electron chi connectivity index (χ3n) is 5.52. The van der Waals surface area contributed by atoms with Gasteiger partial charge in [0.2, 0.25) is 5.95 Å². The van der Waals surface area contributed by atoms with E-state index in [1.165, 1.54) is 12.1 Å². The Bertz CT molecular complexity index is 1200. The van der Waals surface area contributed by atoms with Crippen LogP contribution < -0.4 is 5.73 Å². The van der Waals surface area contributed by atoms with E-state index in [2.05, 4.69) is 41.5 Å². The molecule has 0 aliphatic carbocycles. The third-order valence-corrected chi connectivity index (χ3v) is 5.52. The summed E-state index contributed by atoms with van der Waals surface area (Å²) in [5, 5.41) is 0. The first-order valence-corrected chi connectivity index (χ1v) is 10.1. The zero-order chi connectivity index (χ0) is 21.4. The van der Waals surface area contributed by atoms with Gasteiger partial charge in [-0.3, -0.25) is 9.88 Å². The second-order valence-corrected chi connectivity index (χ2v) is 7.83. The summed E-state index contributed by atoms with van der Waals surface area (Å²) < 4.78 is 15.6. The second-order valence-electron chi connectivity index (χ2n) is 7.83. The van der Waals surface area contributed by atoms with Crippen LogP contribution in [0.2, 0.25) is 0 Å². The number of nitrogen functional groups attached to an aromatic ring is 1. The highest BCUT2D eigenvalue weighted by Crippen LogP contribution is 2.35. The lowest BCUT2D eigenvalue weighted by molar-refractivity contribution is 0.0983. The molecule has 1 aliphatic rings. The Morgan fingerprint density at radius 1 is 1.03 bits per heavy atom. The van der Waals surface area contributed by atoms with Gasteiger partial charge in [0, 0.05) is 37.6 Å². The van der Waals surface area contributed by atoms with Gasteiger partial charge >= 0.3 is 0 Å². The average molecular weight is 415 g/mol. The molecule has 0 unspecified atom stereocenters.